The Labute approximate surface area is 141 Å². The SMILES string of the molecule is CCCC(=O)OC1C(O)[C@@H](CO)O[C@H]1n1cnc2c(=O)[nH]c(N)nc21. The smallest absolute Gasteiger partial charge is 0.306 e. The number of aromatic amines is 1. The Morgan fingerprint density at radius 2 is 2.32 bits per heavy atom. The van der Waals surface area contributed by atoms with Crippen LogP contribution in [-0.4, -0.2) is 60.6 Å². The first-order valence-corrected chi connectivity index (χ1v) is 7.82. The van der Waals surface area contributed by atoms with Crippen LogP contribution in [-0.2, 0) is 14.3 Å². The van der Waals surface area contributed by atoms with Crippen LogP contribution in [0.5, 0.6) is 0 Å². The maximum atomic E-state index is 11.9. The summed E-state index contributed by atoms with van der Waals surface area (Å²) in [6.45, 7) is 1.35. The lowest BCUT2D eigenvalue weighted by atomic mass is 10.1. The lowest BCUT2D eigenvalue weighted by molar-refractivity contribution is -0.158. The van der Waals surface area contributed by atoms with Gasteiger partial charge < -0.3 is 25.4 Å². The lowest BCUT2D eigenvalue weighted by Crippen LogP contribution is -2.37. The van der Waals surface area contributed by atoms with Gasteiger partial charge in [0.25, 0.3) is 5.56 Å². The number of hydrogen-bond acceptors (Lipinski definition) is 9. The molecule has 1 aliphatic rings. The summed E-state index contributed by atoms with van der Waals surface area (Å²) < 4.78 is 12.3. The van der Waals surface area contributed by atoms with Gasteiger partial charge in [-0.3, -0.25) is 19.1 Å². The Kier molecular flexibility index (Phi) is 4.70. The predicted molar refractivity (Wildman–Crippen MR) is 84.4 cm³/mol. The van der Waals surface area contributed by atoms with E-state index in [1.54, 1.807) is 0 Å². The second-order valence-corrected chi connectivity index (χ2v) is 5.72. The molecule has 11 heteroatoms. The molecule has 0 radical (unpaired) electrons. The summed E-state index contributed by atoms with van der Waals surface area (Å²) in [7, 11) is 0. The lowest BCUT2D eigenvalue weighted by Gasteiger charge is -2.21. The first-order valence-electron chi connectivity index (χ1n) is 7.82. The molecule has 1 aliphatic heterocycles. The number of H-pyrrole nitrogens is 1. The van der Waals surface area contributed by atoms with Crippen LogP contribution >= 0.6 is 0 Å². The summed E-state index contributed by atoms with van der Waals surface area (Å²) in [5.41, 5.74) is 5.18. The van der Waals surface area contributed by atoms with Gasteiger partial charge in [-0.15, -0.1) is 0 Å². The molecule has 0 aromatic carbocycles. The number of nitrogens with one attached hydrogen (secondary N) is 1. The van der Waals surface area contributed by atoms with Crippen molar-refractivity contribution in [3.05, 3.63) is 16.7 Å². The van der Waals surface area contributed by atoms with E-state index in [-0.39, 0.29) is 23.5 Å². The highest BCUT2D eigenvalue weighted by atomic mass is 16.6. The first kappa shape index (κ1) is 17.3. The van der Waals surface area contributed by atoms with Crippen molar-refractivity contribution in [1.29, 1.82) is 0 Å². The summed E-state index contributed by atoms with van der Waals surface area (Å²) in [4.78, 5) is 34.1. The summed E-state index contributed by atoms with van der Waals surface area (Å²) in [5.74, 6) is -0.621. The molecule has 11 nitrogen and oxygen atoms in total. The Hall–Kier alpha value is -2.50. The van der Waals surface area contributed by atoms with E-state index in [9.17, 15) is 19.8 Å². The van der Waals surface area contributed by atoms with Gasteiger partial charge in [0, 0.05) is 6.42 Å². The number of carbonyl (C=O) groups is 1. The van der Waals surface area contributed by atoms with Crippen LogP contribution in [0.25, 0.3) is 11.2 Å². The fourth-order valence-corrected chi connectivity index (χ4v) is 2.76. The van der Waals surface area contributed by atoms with Gasteiger partial charge in [0.05, 0.1) is 12.9 Å². The maximum absolute atomic E-state index is 11.9. The number of carbonyl (C=O) groups excluding carboxylic acids is 1. The standard InChI is InChI=1S/C14H19N5O6/c1-2-3-7(21)25-10-9(22)6(4-20)24-13(10)19-5-16-8-11(19)17-14(15)18-12(8)23/h5-6,9-10,13,20,22H,2-4H2,1H3,(H3,15,17,18,23)/t6-,9?,10?,13-/m1/s1. The maximum Gasteiger partial charge on any atom is 0.306 e. The number of aliphatic hydroxyl groups excluding tert-OH is 2. The molecule has 3 heterocycles. The van der Waals surface area contributed by atoms with Crippen LogP contribution < -0.4 is 11.3 Å². The van der Waals surface area contributed by atoms with Crippen molar-refractivity contribution in [2.75, 3.05) is 12.3 Å². The molecule has 0 amide bonds. The van der Waals surface area contributed by atoms with E-state index in [0.717, 1.165) is 0 Å². The zero-order chi connectivity index (χ0) is 18.1. The molecule has 0 aliphatic carbocycles. The van der Waals surface area contributed by atoms with Gasteiger partial charge in [0.2, 0.25) is 5.95 Å². The van der Waals surface area contributed by atoms with E-state index in [0.29, 0.717) is 6.42 Å². The second-order valence-electron chi connectivity index (χ2n) is 5.72. The highest BCUT2D eigenvalue weighted by Crippen LogP contribution is 2.33. The Balaban J connectivity index is 2.01. The van der Waals surface area contributed by atoms with Gasteiger partial charge in [-0.25, -0.2) is 4.98 Å². The fraction of sp³-hybridized carbons (Fsp3) is 0.571. The predicted octanol–water partition coefficient (Wildman–Crippen LogP) is -1.34. The number of imidazole rings is 1. The van der Waals surface area contributed by atoms with Crippen LogP contribution in [0.3, 0.4) is 0 Å². The van der Waals surface area contributed by atoms with Crippen molar-refractivity contribution in [3.8, 4) is 0 Å². The van der Waals surface area contributed by atoms with Gasteiger partial charge in [-0.1, -0.05) is 6.92 Å². The fourth-order valence-electron chi connectivity index (χ4n) is 2.76. The molecule has 2 unspecified atom stereocenters. The number of aromatic nitrogens is 4. The van der Waals surface area contributed by atoms with Crippen molar-refractivity contribution in [2.45, 2.75) is 44.3 Å². The number of nitrogens with two attached hydrogens (primary N) is 1. The molecule has 3 rings (SSSR count). The molecule has 5 N–H and O–H groups in total. The van der Waals surface area contributed by atoms with E-state index < -0.39 is 42.7 Å². The number of ether oxygens (including phenoxy) is 2. The van der Waals surface area contributed by atoms with E-state index in [1.807, 2.05) is 6.92 Å². The minimum absolute atomic E-state index is 0.0263. The molecule has 0 spiro atoms. The van der Waals surface area contributed by atoms with Crippen LogP contribution in [0.2, 0.25) is 0 Å². The molecular formula is C14H19N5O6. The molecule has 0 bridgehead atoms. The van der Waals surface area contributed by atoms with E-state index >= 15 is 0 Å². The molecule has 1 saturated heterocycles. The second kappa shape index (κ2) is 6.78. The van der Waals surface area contributed by atoms with E-state index in [1.165, 1.54) is 10.9 Å². The van der Waals surface area contributed by atoms with Crippen molar-refractivity contribution in [1.82, 2.24) is 19.5 Å². The summed E-state index contributed by atoms with van der Waals surface area (Å²) in [6.07, 6.45) is -2.26. The number of aliphatic hydroxyl groups is 2. The summed E-state index contributed by atoms with van der Waals surface area (Å²) in [6, 6.07) is 0. The number of nitrogens with zero attached hydrogens (tertiary/aromatic N) is 3. The quantitative estimate of drug-likeness (QED) is 0.476. The van der Waals surface area contributed by atoms with Gasteiger partial charge in [0.1, 0.15) is 12.2 Å². The van der Waals surface area contributed by atoms with Gasteiger partial charge in [-0.2, -0.15) is 4.98 Å². The monoisotopic (exact) mass is 353 g/mol. The highest BCUT2D eigenvalue weighted by Gasteiger charge is 2.47. The van der Waals surface area contributed by atoms with E-state index in [4.69, 9.17) is 15.2 Å². The number of nitrogen functional groups attached to an aromatic ring is 1. The third-order valence-corrected chi connectivity index (χ3v) is 3.94. The minimum Gasteiger partial charge on any atom is -0.455 e. The van der Waals surface area contributed by atoms with Crippen LogP contribution in [0.15, 0.2) is 11.1 Å². The molecular weight excluding hydrogens is 334 g/mol. The molecule has 1 fully saturated rings. The molecule has 25 heavy (non-hydrogen) atoms. The number of rotatable bonds is 5. The molecule has 0 saturated carbocycles. The summed E-state index contributed by atoms with van der Waals surface area (Å²) in [5, 5.41) is 19.7. The van der Waals surface area contributed by atoms with Gasteiger partial charge in [0.15, 0.2) is 23.5 Å². The van der Waals surface area contributed by atoms with Crippen LogP contribution in [0, 0.1) is 0 Å². The number of fused-ring (bicyclic) bond motifs is 1. The Bertz CT molecular complexity index is 833. The number of esters is 1. The largest absolute Gasteiger partial charge is 0.455 e. The van der Waals surface area contributed by atoms with E-state index in [2.05, 4.69) is 15.0 Å². The topological polar surface area (TPSA) is 166 Å². The molecule has 2 aromatic rings. The molecule has 2 aromatic heterocycles. The molecule has 136 valence electrons. The van der Waals surface area contributed by atoms with Crippen LogP contribution in [0.1, 0.15) is 26.0 Å². The number of hydrogen-bond donors (Lipinski definition) is 4. The third-order valence-electron chi connectivity index (χ3n) is 3.94. The Morgan fingerprint density at radius 3 is 3.00 bits per heavy atom. The van der Waals surface area contributed by atoms with Crippen molar-refractivity contribution in [2.24, 2.45) is 0 Å². The normalized spacial score (nSPS) is 26.2. The van der Waals surface area contributed by atoms with Crippen LogP contribution in [0.4, 0.5) is 5.95 Å². The Morgan fingerprint density at radius 1 is 1.56 bits per heavy atom. The average molecular weight is 353 g/mol. The number of anilines is 1. The highest BCUT2D eigenvalue weighted by molar-refractivity contribution is 5.71. The van der Waals surface area contributed by atoms with Crippen molar-refractivity contribution >= 4 is 23.1 Å². The zero-order valence-corrected chi connectivity index (χ0v) is 13.5. The van der Waals surface area contributed by atoms with Gasteiger partial charge in [-0.05, 0) is 6.42 Å². The van der Waals surface area contributed by atoms with Crippen molar-refractivity contribution in [3.63, 3.8) is 0 Å². The minimum atomic E-state index is -1.24. The zero-order valence-electron chi connectivity index (χ0n) is 13.5. The van der Waals surface area contributed by atoms with Crippen molar-refractivity contribution < 1.29 is 24.5 Å². The third kappa shape index (κ3) is 3.08. The summed E-state index contributed by atoms with van der Waals surface area (Å²) >= 11 is 0. The molecule has 4 atom stereocenters. The first-order chi connectivity index (χ1) is 12.0. The van der Waals surface area contributed by atoms with Gasteiger partial charge >= 0.3 is 5.97 Å². The average Bonchev–Trinajstić information content (AvgIpc) is 3.10.